The van der Waals surface area contributed by atoms with Crippen LogP contribution in [0.1, 0.15) is 39.0 Å². The Kier molecular flexibility index (Phi) is 6.22. The lowest BCUT2D eigenvalue weighted by Crippen LogP contribution is -2.38. The second-order valence-electron chi connectivity index (χ2n) is 4.73. The van der Waals surface area contributed by atoms with E-state index >= 15 is 0 Å². The van der Waals surface area contributed by atoms with Crippen LogP contribution in [-0.2, 0) is 0 Å². The van der Waals surface area contributed by atoms with E-state index in [-0.39, 0.29) is 6.61 Å². The molecule has 0 aliphatic heterocycles. The molecule has 2 unspecified atom stereocenters. The van der Waals surface area contributed by atoms with Gasteiger partial charge in [-0.3, -0.25) is 0 Å². The van der Waals surface area contributed by atoms with Crippen molar-refractivity contribution in [1.82, 2.24) is 4.90 Å². The Balaban J connectivity index is 2.28. The molecule has 3 N–H and O–H groups in total. The van der Waals surface area contributed by atoms with E-state index < -0.39 is 0 Å². The molecule has 15 heavy (non-hydrogen) atoms. The molecular formula is C12H26N2O. The standard InChI is InChI=1S/C12H26N2O/c1-2-3-7-14(8-9-15)10-11-5-4-6-12(11)13/h11-12,15H,2-10,13H2,1H3. The number of aliphatic hydroxyl groups excluding tert-OH is 1. The fraction of sp³-hybridized carbons (Fsp3) is 1.00. The van der Waals surface area contributed by atoms with E-state index in [1.807, 2.05) is 0 Å². The molecule has 0 aromatic rings. The van der Waals surface area contributed by atoms with E-state index in [9.17, 15) is 0 Å². The van der Waals surface area contributed by atoms with Gasteiger partial charge in [-0.15, -0.1) is 0 Å². The van der Waals surface area contributed by atoms with Gasteiger partial charge in [-0.2, -0.15) is 0 Å². The Hall–Kier alpha value is -0.120. The average molecular weight is 214 g/mol. The third kappa shape index (κ3) is 4.49. The van der Waals surface area contributed by atoms with Gasteiger partial charge in [-0.25, -0.2) is 0 Å². The van der Waals surface area contributed by atoms with Crippen LogP contribution in [0, 0.1) is 5.92 Å². The predicted molar refractivity (Wildman–Crippen MR) is 63.8 cm³/mol. The van der Waals surface area contributed by atoms with Crippen LogP contribution in [0.5, 0.6) is 0 Å². The van der Waals surface area contributed by atoms with Gasteiger partial charge in [0.1, 0.15) is 0 Å². The average Bonchev–Trinajstić information content (AvgIpc) is 2.61. The fourth-order valence-corrected chi connectivity index (χ4v) is 2.44. The van der Waals surface area contributed by atoms with Gasteiger partial charge in [0, 0.05) is 19.1 Å². The highest BCUT2D eigenvalue weighted by molar-refractivity contribution is 4.82. The molecule has 1 rings (SSSR count). The summed E-state index contributed by atoms with van der Waals surface area (Å²) in [5, 5.41) is 9.00. The zero-order chi connectivity index (χ0) is 11.1. The highest BCUT2D eigenvalue weighted by Gasteiger charge is 2.25. The lowest BCUT2D eigenvalue weighted by Gasteiger charge is -2.26. The highest BCUT2D eigenvalue weighted by atomic mass is 16.3. The number of aliphatic hydroxyl groups is 1. The number of hydrogen-bond acceptors (Lipinski definition) is 3. The van der Waals surface area contributed by atoms with Crippen LogP contribution in [0.4, 0.5) is 0 Å². The smallest absolute Gasteiger partial charge is 0.0558 e. The van der Waals surface area contributed by atoms with Crippen LogP contribution in [0.25, 0.3) is 0 Å². The molecule has 1 fully saturated rings. The topological polar surface area (TPSA) is 49.5 Å². The van der Waals surface area contributed by atoms with Crippen molar-refractivity contribution in [1.29, 1.82) is 0 Å². The first kappa shape index (κ1) is 12.9. The van der Waals surface area contributed by atoms with Crippen LogP contribution >= 0.6 is 0 Å². The van der Waals surface area contributed by atoms with E-state index in [1.165, 1.54) is 32.1 Å². The second kappa shape index (κ2) is 7.20. The largest absolute Gasteiger partial charge is 0.395 e. The molecule has 1 aliphatic rings. The maximum atomic E-state index is 9.00. The quantitative estimate of drug-likeness (QED) is 0.669. The third-order valence-corrected chi connectivity index (χ3v) is 3.45. The van der Waals surface area contributed by atoms with E-state index in [1.54, 1.807) is 0 Å². The maximum absolute atomic E-state index is 9.00. The number of rotatable bonds is 7. The summed E-state index contributed by atoms with van der Waals surface area (Å²) in [5.41, 5.74) is 6.06. The number of nitrogens with zero attached hydrogens (tertiary/aromatic N) is 1. The Bertz CT molecular complexity index is 164. The van der Waals surface area contributed by atoms with Crippen LogP contribution in [0.15, 0.2) is 0 Å². The molecule has 3 nitrogen and oxygen atoms in total. The molecular weight excluding hydrogens is 188 g/mol. The Morgan fingerprint density at radius 2 is 2.13 bits per heavy atom. The summed E-state index contributed by atoms with van der Waals surface area (Å²) in [6.07, 6.45) is 6.19. The SMILES string of the molecule is CCCCN(CCO)CC1CCCC1N. The van der Waals surface area contributed by atoms with Crippen molar-refractivity contribution in [2.24, 2.45) is 11.7 Å². The Morgan fingerprint density at radius 3 is 2.67 bits per heavy atom. The number of nitrogens with two attached hydrogens (primary N) is 1. The molecule has 0 saturated heterocycles. The van der Waals surface area contributed by atoms with Crippen molar-refractivity contribution < 1.29 is 5.11 Å². The van der Waals surface area contributed by atoms with Gasteiger partial charge in [0.15, 0.2) is 0 Å². The van der Waals surface area contributed by atoms with Gasteiger partial charge in [0.05, 0.1) is 6.61 Å². The van der Waals surface area contributed by atoms with Crippen molar-refractivity contribution in [2.45, 2.75) is 45.1 Å². The first-order valence-corrected chi connectivity index (χ1v) is 6.36. The normalized spacial score (nSPS) is 26.4. The van der Waals surface area contributed by atoms with Crippen LogP contribution in [0.3, 0.4) is 0 Å². The van der Waals surface area contributed by atoms with Crippen molar-refractivity contribution in [3.8, 4) is 0 Å². The lowest BCUT2D eigenvalue weighted by atomic mass is 10.0. The molecule has 0 radical (unpaired) electrons. The van der Waals surface area contributed by atoms with Crippen molar-refractivity contribution in [2.75, 3.05) is 26.2 Å². The zero-order valence-electron chi connectivity index (χ0n) is 9.99. The van der Waals surface area contributed by atoms with Gasteiger partial charge in [0.25, 0.3) is 0 Å². The monoisotopic (exact) mass is 214 g/mol. The Labute approximate surface area is 93.6 Å². The minimum Gasteiger partial charge on any atom is -0.395 e. The van der Waals surface area contributed by atoms with Gasteiger partial charge in [-0.05, 0) is 31.7 Å². The summed E-state index contributed by atoms with van der Waals surface area (Å²) in [4.78, 5) is 2.37. The van der Waals surface area contributed by atoms with Crippen molar-refractivity contribution in [3.63, 3.8) is 0 Å². The highest BCUT2D eigenvalue weighted by Crippen LogP contribution is 2.24. The van der Waals surface area contributed by atoms with E-state index in [0.29, 0.717) is 12.0 Å². The van der Waals surface area contributed by atoms with Crippen molar-refractivity contribution >= 4 is 0 Å². The number of unbranched alkanes of at least 4 members (excludes halogenated alkanes) is 1. The summed E-state index contributed by atoms with van der Waals surface area (Å²) in [6.45, 7) is 5.48. The summed E-state index contributed by atoms with van der Waals surface area (Å²) in [6, 6.07) is 0.396. The zero-order valence-corrected chi connectivity index (χ0v) is 9.99. The first-order chi connectivity index (χ1) is 7.27. The molecule has 2 atom stereocenters. The summed E-state index contributed by atoms with van der Waals surface area (Å²) < 4.78 is 0. The first-order valence-electron chi connectivity index (χ1n) is 6.36. The lowest BCUT2D eigenvalue weighted by molar-refractivity contribution is 0.169. The molecule has 0 bridgehead atoms. The minimum absolute atomic E-state index is 0.270. The van der Waals surface area contributed by atoms with Gasteiger partial charge in [-0.1, -0.05) is 19.8 Å². The second-order valence-corrected chi connectivity index (χ2v) is 4.73. The molecule has 0 aromatic heterocycles. The molecule has 0 heterocycles. The van der Waals surface area contributed by atoms with Gasteiger partial charge in [0.2, 0.25) is 0 Å². The van der Waals surface area contributed by atoms with Gasteiger partial charge < -0.3 is 15.7 Å². The molecule has 3 heteroatoms. The van der Waals surface area contributed by atoms with Crippen LogP contribution in [-0.4, -0.2) is 42.3 Å². The molecule has 1 aliphatic carbocycles. The molecule has 0 amide bonds. The predicted octanol–water partition coefficient (Wildman–Crippen LogP) is 1.21. The van der Waals surface area contributed by atoms with Crippen LogP contribution < -0.4 is 5.73 Å². The van der Waals surface area contributed by atoms with Crippen LogP contribution in [0.2, 0.25) is 0 Å². The minimum atomic E-state index is 0.270. The summed E-state index contributed by atoms with van der Waals surface area (Å²) in [5.74, 6) is 0.661. The fourth-order valence-electron chi connectivity index (χ4n) is 2.44. The molecule has 90 valence electrons. The van der Waals surface area contributed by atoms with E-state index in [2.05, 4.69) is 11.8 Å². The Morgan fingerprint density at radius 1 is 1.33 bits per heavy atom. The summed E-state index contributed by atoms with van der Waals surface area (Å²) in [7, 11) is 0. The van der Waals surface area contributed by atoms with E-state index in [4.69, 9.17) is 10.8 Å². The van der Waals surface area contributed by atoms with Crippen molar-refractivity contribution in [3.05, 3.63) is 0 Å². The molecule has 0 aromatic carbocycles. The van der Waals surface area contributed by atoms with Gasteiger partial charge >= 0.3 is 0 Å². The maximum Gasteiger partial charge on any atom is 0.0558 e. The van der Waals surface area contributed by atoms with E-state index in [0.717, 1.165) is 19.6 Å². The molecule has 0 spiro atoms. The number of hydrogen-bond donors (Lipinski definition) is 2. The third-order valence-electron chi connectivity index (χ3n) is 3.45. The molecule has 1 saturated carbocycles. The summed E-state index contributed by atoms with van der Waals surface area (Å²) >= 11 is 0.